The van der Waals surface area contributed by atoms with E-state index in [4.69, 9.17) is 4.74 Å². The van der Waals surface area contributed by atoms with Crippen LogP contribution in [0.2, 0.25) is 0 Å². The summed E-state index contributed by atoms with van der Waals surface area (Å²) in [6.45, 7) is 11.1. The van der Waals surface area contributed by atoms with Gasteiger partial charge < -0.3 is 20.3 Å². The van der Waals surface area contributed by atoms with Gasteiger partial charge in [-0.05, 0) is 51.8 Å². The average Bonchev–Trinajstić information content (AvgIpc) is 2.76. The van der Waals surface area contributed by atoms with Crippen LogP contribution in [0.5, 0.6) is 5.75 Å². The lowest BCUT2D eigenvalue weighted by molar-refractivity contribution is -0.114. The quantitative estimate of drug-likeness (QED) is 0.513. The Kier molecular flexibility index (Phi) is 7.37. The Labute approximate surface area is 191 Å². The minimum Gasteiger partial charge on any atom is -0.486 e. The molecule has 0 bridgehead atoms. The fraction of sp³-hybridized carbons (Fsp3) is 0.304. The van der Waals surface area contributed by atoms with Gasteiger partial charge in [-0.15, -0.1) is 0 Å². The molecule has 1 aliphatic heterocycles. The van der Waals surface area contributed by atoms with Gasteiger partial charge >= 0.3 is 0 Å². The number of aliphatic imine (C=N–C) groups is 2. The van der Waals surface area contributed by atoms with Crippen LogP contribution in [0, 0.1) is 5.82 Å². The van der Waals surface area contributed by atoms with Crippen LogP contribution >= 0.6 is 0 Å². The molecule has 2 heterocycles. The molecular weight excluding hydrogens is 430 g/mol. The number of allylic oxidation sites excluding steroid dienone is 1. The molecule has 2 N–H and O–H groups in total. The van der Waals surface area contributed by atoms with Crippen molar-refractivity contribution in [3.63, 3.8) is 0 Å². The zero-order valence-electron chi connectivity index (χ0n) is 18.9. The van der Waals surface area contributed by atoms with E-state index in [0.29, 0.717) is 24.5 Å². The van der Waals surface area contributed by atoms with Crippen molar-refractivity contribution in [1.82, 2.24) is 10.3 Å². The second-order valence-electron chi connectivity index (χ2n) is 7.66. The molecule has 0 saturated carbocycles. The highest BCUT2D eigenvalue weighted by molar-refractivity contribution is 5.94. The molecule has 0 radical (unpaired) electrons. The Morgan fingerprint density at radius 3 is 2.64 bits per heavy atom. The highest BCUT2D eigenvalue weighted by atomic mass is 19.1. The van der Waals surface area contributed by atoms with E-state index in [1.165, 1.54) is 26.1 Å². The number of rotatable bonds is 5. The first-order valence-corrected chi connectivity index (χ1v) is 10.4. The lowest BCUT2D eigenvalue weighted by Gasteiger charge is -2.35. The third kappa shape index (κ3) is 5.71. The molecule has 1 aliphatic rings. The number of anilines is 2. The van der Waals surface area contributed by atoms with E-state index in [9.17, 15) is 13.6 Å². The summed E-state index contributed by atoms with van der Waals surface area (Å²) in [7, 11) is 0. The van der Waals surface area contributed by atoms with Gasteiger partial charge in [0.1, 0.15) is 12.4 Å². The number of nitrogens with one attached hydrogen (secondary N) is 2. The maximum Gasteiger partial charge on any atom is 0.228 e. The number of hydrogen-bond donors (Lipinski definition) is 2. The summed E-state index contributed by atoms with van der Waals surface area (Å²) in [6, 6.07) is 6.15. The summed E-state index contributed by atoms with van der Waals surface area (Å²) in [5, 5.41) is 5.38. The van der Waals surface area contributed by atoms with E-state index >= 15 is 0 Å². The lowest BCUT2D eigenvalue weighted by Crippen LogP contribution is -2.38. The van der Waals surface area contributed by atoms with Crippen LogP contribution in [0.4, 0.5) is 26.0 Å². The summed E-state index contributed by atoms with van der Waals surface area (Å²) < 4.78 is 34.9. The van der Waals surface area contributed by atoms with Crippen LogP contribution in [0.15, 0.2) is 46.3 Å². The summed E-state index contributed by atoms with van der Waals surface area (Å²) in [5.41, 5.74) is 1.32. The average molecular weight is 456 g/mol. The van der Waals surface area contributed by atoms with Crippen LogP contribution in [0.3, 0.4) is 0 Å². The Balaban J connectivity index is 1.93. The summed E-state index contributed by atoms with van der Waals surface area (Å²) >= 11 is 0. The standard InChI is InChI=1S/C23H26F2N6O2/c1-13(2)31-8-9-33-22-18(25)10-16(11-19(22)31)21(14(3)24)30-23(26-5)29-20-7-6-17(12-27-20)28-15(4)32/h6-7,10-13H,5,8-9H2,1-4H3,(H,28,32)(H,27,29,30)/b21-14+. The van der Waals surface area contributed by atoms with Crippen molar-refractivity contribution in [2.45, 2.75) is 33.7 Å². The molecule has 3 rings (SSSR count). The summed E-state index contributed by atoms with van der Waals surface area (Å²) in [4.78, 5) is 25.3. The number of halogens is 2. The van der Waals surface area contributed by atoms with Gasteiger partial charge in [-0.1, -0.05) is 0 Å². The normalized spacial score (nSPS) is 14.3. The number of guanidine groups is 1. The molecule has 174 valence electrons. The topological polar surface area (TPSA) is 91.2 Å². The molecule has 0 spiro atoms. The highest BCUT2D eigenvalue weighted by Gasteiger charge is 2.25. The molecule has 0 atom stereocenters. The smallest absolute Gasteiger partial charge is 0.228 e. The summed E-state index contributed by atoms with van der Waals surface area (Å²) in [5.74, 6) is -1.03. The Hall–Kier alpha value is -3.82. The number of ether oxygens (including phenoxy) is 1. The maximum atomic E-state index is 14.9. The number of amides is 1. The SMILES string of the molecule is C=NC(=Nc1ccc(NC(C)=O)cn1)N/C(=C(\C)F)c1cc(F)c2c(c1)N(C(C)C)CCO2. The van der Waals surface area contributed by atoms with Crippen LogP contribution < -0.4 is 20.3 Å². The maximum absolute atomic E-state index is 14.9. The van der Waals surface area contributed by atoms with Crippen LogP contribution in [-0.2, 0) is 4.79 Å². The van der Waals surface area contributed by atoms with Crippen molar-refractivity contribution in [3.8, 4) is 5.75 Å². The van der Waals surface area contributed by atoms with Gasteiger partial charge in [-0.25, -0.2) is 18.8 Å². The van der Waals surface area contributed by atoms with Gasteiger partial charge in [0.15, 0.2) is 17.4 Å². The highest BCUT2D eigenvalue weighted by Crippen LogP contribution is 2.38. The van der Waals surface area contributed by atoms with Crippen molar-refractivity contribution in [1.29, 1.82) is 0 Å². The Morgan fingerprint density at radius 2 is 2.06 bits per heavy atom. The fourth-order valence-electron chi connectivity index (χ4n) is 3.39. The predicted octanol–water partition coefficient (Wildman–Crippen LogP) is 4.42. The number of benzene rings is 1. The third-order valence-corrected chi connectivity index (χ3v) is 4.84. The largest absolute Gasteiger partial charge is 0.486 e. The fourth-order valence-corrected chi connectivity index (χ4v) is 3.39. The first-order valence-electron chi connectivity index (χ1n) is 10.4. The van der Waals surface area contributed by atoms with E-state index in [2.05, 4.69) is 32.3 Å². The lowest BCUT2D eigenvalue weighted by atomic mass is 10.1. The number of carbonyl (C=O) groups is 1. The zero-order chi connectivity index (χ0) is 24.1. The van der Waals surface area contributed by atoms with E-state index in [1.54, 1.807) is 18.2 Å². The van der Waals surface area contributed by atoms with Gasteiger partial charge in [0.05, 0.1) is 29.8 Å². The monoisotopic (exact) mass is 456 g/mol. The molecule has 0 fully saturated rings. The molecule has 8 nitrogen and oxygen atoms in total. The summed E-state index contributed by atoms with van der Waals surface area (Å²) in [6.07, 6.45) is 1.43. The van der Waals surface area contributed by atoms with E-state index in [0.717, 1.165) is 0 Å². The van der Waals surface area contributed by atoms with E-state index in [1.807, 2.05) is 18.7 Å². The van der Waals surface area contributed by atoms with Crippen molar-refractivity contribution < 1.29 is 18.3 Å². The molecule has 33 heavy (non-hydrogen) atoms. The first kappa shape index (κ1) is 23.8. The van der Waals surface area contributed by atoms with Crippen molar-refractivity contribution in [2.24, 2.45) is 9.98 Å². The van der Waals surface area contributed by atoms with Crippen molar-refractivity contribution in [3.05, 3.63) is 47.7 Å². The minimum atomic E-state index is -0.590. The molecular formula is C23H26F2N6O2. The first-order chi connectivity index (χ1) is 15.7. The van der Waals surface area contributed by atoms with Crippen molar-refractivity contribution in [2.75, 3.05) is 23.4 Å². The van der Waals surface area contributed by atoms with Gasteiger partial charge in [0.25, 0.3) is 0 Å². The van der Waals surface area contributed by atoms with Crippen LogP contribution in [-0.4, -0.2) is 42.8 Å². The van der Waals surface area contributed by atoms with E-state index in [-0.39, 0.29) is 40.7 Å². The van der Waals surface area contributed by atoms with Gasteiger partial charge in [-0.2, -0.15) is 4.99 Å². The second kappa shape index (κ2) is 10.2. The zero-order valence-corrected chi connectivity index (χ0v) is 18.9. The second-order valence-corrected chi connectivity index (χ2v) is 7.66. The number of aromatic nitrogens is 1. The Morgan fingerprint density at radius 1 is 1.30 bits per heavy atom. The van der Waals surface area contributed by atoms with Crippen molar-refractivity contribution >= 4 is 41.5 Å². The molecule has 2 aromatic rings. The van der Waals surface area contributed by atoms with Crippen LogP contribution in [0.1, 0.15) is 33.3 Å². The number of carbonyl (C=O) groups excluding carboxylic acids is 1. The molecule has 0 saturated heterocycles. The van der Waals surface area contributed by atoms with Crippen LogP contribution in [0.25, 0.3) is 5.70 Å². The third-order valence-electron chi connectivity index (χ3n) is 4.84. The number of hydrogen-bond acceptors (Lipinski definition) is 5. The number of nitrogens with zero attached hydrogens (tertiary/aromatic N) is 4. The molecule has 1 aromatic carbocycles. The molecule has 1 aromatic heterocycles. The minimum absolute atomic E-state index is 0.00741. The molecule has 0 unspecified atom stereocenters. The molecule has 0 aliphatic carbocycles. The molecule has 10 heteroatoms. The van der Waals surface area contributed by atoms with E-state index < -0.39 is 11.6 Å². The number of pyridine rings is 1. The number of fused-ring (bicyclic) bond motifs is 1. The van der Waals surface area contributed by atoms with Gasteiger partial charge in [-0.3, -0.25) is 4.79 Å². The molecule has 1 amide bonds. The van der Waals surface area contributed by atoms with Gasteiger partial charge in [0.2, 0.25) is 11.9 Å². The Bertz CT molecular complexity index is 1110. The predicted molar refractivity (Wildman–Crippen MR) is 126 cm³/mol. The van der Waals surface area contributed by atoms with Gasteiger partial charge in [0, 0.05) is 18.5 Å².